The molecule has 0 atom stereocenters. The Balaban J connectivity index is -0.0000000267. The maximum Gasteiger partial charge on any atom is 0.164 e. The van der Waals surface area contributed by atoms with Crippen molar-refractivity contribution in [1.29, 1.82) is 0 Å². The Bertz CT molecular complexity index is 101. The molecule has 0 rings (SSSR count). The van der Waals surface area contributed by atoms with E-state index >= 15 is 0 Å². The maximum absolute atomic E-state index is 9.48. The summed E-state index contributed by atoms with van der Waals surface area (Å²) < 4.78 is 8.00. The van der Waals surface area contributed by atoms with E-state index in [2.05, 4.69) is 23.3 Å². The summed E-state index contributed by atoms with van der Waals surface area (Å²) in [5.74, 6) is -0.991. The van der Waals surface area contributed by atoms with E-state index in [1.54, 1.807) is 0 Å². The number of hydrogen-bond donors (Lipinski definition) is 0. The van der Waals surface area contributed by atoms with Gasteiger partial charge in [0.25, 0.3) is 0 Å². The zero-order valence-corrected chi connectivity index (χ0v) is 9.46. The normalized spacial score (nSPS) is 5.08. The van der Waals surface area contributed by atoms with Gasteiger partial charge in [-0.05, 0) is 0 Å². The molecule has 0 heterocycles. The van der Waals surface area contributed by atoms with Crippen molar-refractivity contribution < 1.29 is 51.8 Å². The molecule has 0 fully saturated rings. The fourth-order valence-electron chi connectivity index (χ4n) is 0. The Morgan fingerprint density at radius 3 is 1.00 bits per heavy atom. The molecule has 0 unspecified atom stereocenters. The zero-order chi connectivity index (χ0) is 8.57. The molecule has 0 aromatic rings. The van der Waals surface area contributed by atoms with Crippen LogP contribution in [0.15, 0.2) is 0 Å². The average molecular weight is 267 g/mol. The van der Waals surface area contributed by atoms with Gasteiger partial charge in [0.15, 0.2) is 11.9 Å². The van der Waals surface area contributed by atoms with Crippen LogP contribution in [0.2, 0.25) is 0 Å². The van der Waals surface area contributed by atoms with Crippen molar-refractivity contribution in [3.63, 3.8) is 0 Å². The third-order valence-corrected chi connectivity index (χ3v) is 0.455. The molecule has 0 spiro atoms. The Morgan fingerprint density at radius 2 is 1.00 bits per heavy atom. The molecular formula is C8H18O4Y-2. The van der Waals surface area contributed by atoms with Gasteiger partial charge in [-0.1, -0.05) is 14.9 Å². The van der Waals surface area contributed by atoms with Crippen molar-refractivity contribution >= 4 is 11.9 Å². The molecule has 0 aromatic heterocycles. The largest absolute Gasteiger partial charge is 0.492 e. The van der Waals surface area contributed by atoms with E-state index < -0.39 is 11.9 Å². The fraction of sp³-hybridized carbons (Fsp3) is 0.500. The Labute approximate surface area is 106 Å². The van der Waals surface area contributed by atoms with Crippen LogP contribution in [0.1, 0.15) is 14.9 Å². The van der Waals surface area contributed by atoms with Gasteiger partial charge in [-0.15, -0.1) is 0 Å². The molecule has 0 amide bonds. The van der Waals surface area contributed by atoms with E-state index in [-0.39, 0.29) is 47.6 Å². The van der Waals surface area contributed by atoms with Crippen LogP contribution in [0.3, 0.4) is 0 Å². The van der Waals surface area contributed by atoms with Gasteiger partial charge in [-0.25, -0.2) is 0 Å². The first-order chi connectivity index (χ1) is 4.54. The fourth-order valence-corrected chi connectivity index (χ4v) is 0. The summed E-state index contributed by atoms with van der Waals surface area (Å²) in [5, 5.41) is 0. The van der Waals surface area contributed by atoms with Crippen LogP contribution < -0.4 is 0 Å². The van der Waals surface area contributed by atoms with Crippen molar-refractivity contribution in [1.82, 2.24) is 0 Å². The summed E-state index contributed by atoms with van der Waals surface area (Å²) >= 11 is 0. The molecule has 79 valence electrons. The number of methoxy groups -OCH3 is 2. The van der Waals surface area contributed by atoms with Gasteiger partial charge in [0.1, 0.15) is 0 Å². The predicted molar refractivity (Wildman–Crippen MR) is 48.2 cm³/mol. The smallest absolute Gasteiger partial charge is 0.164 e. The number of ether oxygens (including phenoxy) is 2. The number of carbonyl (C=O) groups excluding carboxylic acids is 2. The Morgan fingerprint density at radius 1 is 0.923 bits per heavy atom. The second-order valence-corrected chi connectivity index (χ2v) is 1.15. The molecule has 0 saturated carbocycles. The van der Waals surface area contributed by atoms with Crippen LogP contribution in [0, 0.1) is 13.8 Å². The van der Waals surface area contributed by atoms with Crippen LogP contribution in [0.4, 0.5) is 0 Å². The first-order valence-corrected chi connectivity index (χ1v) is 2.34. The maximum atomic E-state index is 9.48. The molecule has 0 aliphatic carbocycles. The quantitative estimate of drug-likeness (QED) is 0.489. The first kappa shape index (κ1) is 29.3. The van der Waals surface area contributed by atoms with Gasteiger partial charge in [0, 0.05) is 32.7 Å². The van der Waals surface area contributed by atoms with Crippen LogP contribution in [0.5, 0.6) is 0 Å². The molecule has 1 radical (unpaired) electrons. The van der Waals surface area contributed by atoms with Crippen molar-refractivity contribution in [2.24, 2.45) is 0 Å². The number of rotatable bonds is 0. The van der Waals surface area contributed by atoms with E-state index in [4.69, 9.17) is 0 Å². The minimum atomic E-state index is -0.495. The molecule has 0 aromatic carbocycles. The van der Waals surface area contributed by atoms with Gasteiger partial charge in [0.2, 0.25) is 0 Å². The molecule has 0 aliphatic heterocycles. The second kappa shape index (κ2) is 22.6. The number of hydrogen-bond acceptors (Lipinski definition) is 4. The van der Waals surface area contributed by atoms with E-state index in [1.165, 1.54) is 14.2 Å². The van der Waals surface area contributed by atoms with Crippen LogP contribution in [-0.4, -0.2) is 26.2 Å². The first-order valence-electron chi connectivity index (χ1n) is 2.34. The summed E-state index contributed by atoms with van der Waals surface area (Å²) in [6, 6.07) is 0. The van der Waals surface area contributed by atoms with E-state index in [0.29, 0.717) is 0 Å². The van der Waals surface area contributed by atoms with Gasteiger partial charge in [-0.3, -0.25) is 23.4 Å². The minimum Gasteiger partial charge on any atom is -0.492 e. The summed E-state index contributed by atoms with van der Waals surface area (Å²) in [7, 11) is 2.57. The minimum absolute atomic E-state index is 0. The van der Waals surface area contributed by atoms with Crippen LogP contribution >= 0.6 is 0 Å². The van der Waals surface area contributed by atoms with Crippen molar-refractivity contribution in [2.45, 2.75) is 14.9 Å². The third-order valence-electron chi connectivity index (χ3n) is 0.455. The van der Waals surface area contributed by atoms with Crippen LogP contribution in [-0.2, 0) is 51.8 Å². The Kier molecular flexibility index (Phi) is 51.0. The third kappa shape index (κ3) is 78.8. The summed E-state index contributed by atoms with van der Waals surface area (Å²) in [5.41, 5.74) is 0. The summed E-state index contributed by atoms with van der Waals surface area (Å²) in [6.45, 7) is 5.79. The monoisotopic (exact) mass is 267 g/mol. The second-order valence-electron chi connectivity index (χ2n) is 1.15. The summed E-state index contributed by atoms with van der Waals surface area (Å²) in [6.07, 6.45) is 0. The average Bonchev–Trinajstić information content (AvgIpc) is 1.89. The van der Waals surface area contributed by atoms with E-state index in [0.717, 1.165) is 0 Å². The number of carbonyl (C=O) groups is 2. The molecule has 0 aliphatic rings. The molecule has 0 saturated heterocycles. The van der Waals surface area contributed by atoms with Crippen molar-refractivity contribution in [2.75, 3.05) is 14.2 Å². The number of esters is 2. The summed E-state index contributed by atoms with van der Waals surface area (Å²) in [4.78, 5) is 19.0. The van der Waals surface area contributed by atoms with Gasteiger partial charge >= 0.3 is 0 Å². The molecule has 0 N–H and O–H groups in total. The van der Waals surface area contributed by atoms with Crippen molar-refractivity contribution in [3.8, 4) is 0 Å². The van der Waals surface area contributed by atoms with Crippen LogP contribution in [0.25, 0.3) is 0 Å². The topological polar surface area (TPSA) is 52.6 Å². The van der Waals surface area contributed by atoms with E-state index in [1.807, 2.05) is 0 Å². The van der Waals surface area contributed by atoms with Gasteiger partial charge in [0.05, 0.1) is 14.2 Å². The Hall–Kier alpha value is -0.216. The molecular weight excluding hydrogens is 249 g/mol. The molecule has 13 heavy (non-hydrogen) atoms. The molecule has 4 nitrogen and oxygen atoms in total. The SMILES string of the molecule is C.C.[CH2-]C(=O)OC.[CH2-]C(=O)OC.[Y]. The molecule has 0 bridgehead atoms. The predicted octanol–water partition coefficient (Wildman–Crippen LogP) is 1.26. The van der Waals surface area contributed by atoms with Crippen molar-refractivity contribution in [3.05, 3.63) is 13.8 Å². The van der Waals surface area contributed by atoms with E-state index in [9.17, 15) is 9.59 Å². The molecule has 5 heteroatoms. The van der Waals surface area contributed by atoms with Gasteiger partial charge < -0.3 is 9.47 Å². The zero-order valence-electron chi connectivity index (χ0n) is 6.62. The van der Waals surface area contributed by atoms with Gasteiger partial charge in [-0.2, -0.15) is 0 Å². The standard InChI is InChI=1S/2C3H5O2.2CH4.Y/c2*1-3(4)5-2;;;/h2*1H2,2H3;2*1H4;/q2*-1;;;.